The van der Waals surface area contributed by atoms with Gasteiger partial charge in [0.2, 0.25) is 10.0 Å². The van der Waals surface area contributed by atoms with Gasteiger partial charge in [0.05, 0.1) is 5.69 Å². The molecule has 0 aliphatic heterocycles. The van der Waals surface area contributed by atoms with Crippen molar-refractivity contribution in [3.63, 3.8) is 0 Å². The van der Waals surface area contributed by atoms with Crippen LogP contribution >= 0.6 is 0 Å². The standard InChI is InChI=1S/C13H21N3O2S/c1-13(8-4-5-9-13)10-15-19(17,18)12-7-3-2-6-11(12)16-14/h2-3,6-7,15-16H,4-5,8-10,14H2,1H3. The van der Waals surface area contributed by atoms with Crippen LogP contribution in [-0.4, -0.2) is 15.0 Å². The third-order valence-electron chi connectivity index (χ3n) is 3.83. The minimum absolute atomic E-state index is 0.0815. The Kier molecular flexibility index (Phi) is 4.13. The molecule has 0 radical (unpaired) electrons. The van der Waals surface area contributed by atoms with Gasteiger partial charge < -0.3 is 5.43 Å². The average Bonchev–Trinajstić information content (AvgIpc) is 2.84. The molecule has 1 fully saturated rings. The predicted octanol–water partition coefficient (Wildman–Crippen LogP) is 1.83. The Balaban J connectivity index is 2.14. The number of hydrogen-bond donors (Lipinski definition) is 3. The van der Waals surface area contributed by atoms with E-state index in [-0.39, 0.29) is 10.3 Å². The lowest BCUT2D eigenvalue weighted by molar-refractivity contribution is 0.336. The lowest BCUT2D eigenvalue weighted by atomic mass is 9.89. The summed E-state index contributed by atoms with van der Waals surface area (Å²) in [5.41, 5.74) is 2.91. The fourth-order valence-corrected chi connectivity index (χ4v) is 3.94. The number of sulfonamides is 1. The molecule has 0 unspecified atom stereocenters. The number of hydrazine groups is 1. The highest BCUT2D eigenvalue weighted by Gasteiger charge is 2.30. The van der Waals surface area contributed by atoms with Crippen LogP contribution in [0.1, 0.15) is 32.6 Å². The zero-order valence-corrected chi connectivity index (χ0v) is 12.0. The topological polar surface area (TPSA) is 84.2 Å². The predicted molar refractivity (Wildman–Crippen MR) is 76.0 cm³/mol. The lowest BCUT2D eigenvalue weighted by Crippen LogP contribution is -2.34. The third kappa shape index (κ3) is 3.26. The molecule has 0 amide bonds. The normalized spacial score (nSPS) is 18.4. The van der Waals surface area contributed by atoms with Crippen LogP contribution in [-0.2, 0) is 10.0 Å². The Hall–Kier alpha value is -1.11. The molecule has 1 aliphatic rings. The fourth-order valence-electron chi connectivity index (χ4n) is 2.57. The van der Waals surface area contributed by atoms with Crippen LogP contribution in [0.25, 0.3) is 0 Å². The highest BCUT2D eigenvalue weighted by atomic mass is 32.2. The molecular formula is C13H21N3O2S. The van der Waals surface area contributed by atoms with Crippen LogP contribution in [0, 0.1) is 5.41 Å². The van der Waals surface area contributed by atoms with Crippen molar-refractivity contribution in [1.82, 2.24) is 4.72 Å². The number of anilines is 1. The summed E-state index contributed by atoms with van der Waals surface area (Å²) in [5.74, 6) is 5.35. The number of nitrogens with two attached hydrogens (primary N) is 1. The van der Waals surface area contributed by atoms with Gasteiger partial charge in [-0.15, -0.1) is 0 Å². The van der Waals surface area contributed by atoms with Crippen molar-refractivity contribution in [2.45, 2.75) is 37.5 Å². The molecule has 2 rings (SSSR count). The smallest absolute Gasteiger partial charge is 0.242 e. The lowest BCUT2D eigenvalue weighted by Gasteiger charge is -2.23. The molecule has 1 aliphatic carbocycles. The summed E-state index contributed by atoms with van der Waals surface area (Å²) >= 11 is 0. The highest BCUT2D eigenvalue weighted by Crippen LogP contribution is 2.37. The Bertz CT molecular complexity index is 537. The van der Waals surface area contributed by atoms with Gasteiger partial charge >= 0.3 is 0 Å². The third-order valence-corrected chi connectivity index (χ3v) is 5.29. The van der Waals surface area contributed by atoms with Crippen LogP contribution < -0.4 is 16.0 Å². The van der Waals surface area contributed by atoms with Crippen LogP contribution in [0.3, 0.4) is 0 Å². The number of benzene rings is 1. The van der Waals surface area contributed by atoms with E-state index in [1.807, 2.05) is 0 Å². The second-order valence-corrected chi connectivity index (χ2v) is 7.22. The van der Waals surface area contributed by atoms with Crippen LogP contribution in [0.5, 0.6) is 0 Å². The van der Waals surface area contributed by atoms with Crippen molar-refractivity contribution in [1.29, 1.82) is 0 Å². The van der Waals surface area contributed by atoms with Gasteiger partial charge in [0, 0.05) is 6.54 Å². The van der Waals surface area contributed by atoms with Gasteiger partial charge in [0.25, 0.3) is 0 Å². The quantitative estimate of drug-likeness (QED) is 0.568. The molecule has 0 heterocycles. The first-order valence-corrected chi connectivity index (χ1v) is 8.00. The van der Waals surface area contributed by atoms with E-state index in [0.717, 1.165) is 12.8 Å². The first-order valence-electron chi connectivity index (χ1n) is 6.52. The summed E-state index contributed by atoms with van der Waals surface area (Å²) in [6, 6.07) is 6.62. The maximum absolute atomic E-state index is 12.3. The fraction of sp³-hybridized carbons (Fsp3) is 0.538. The summed E-state index contributed by atoms with van der Waals surface area (Å²) in [6.45, 7) is 2.61. The molecule has 1 saturated carbocycles. The molecular weight excluding hydrogens is 262 g/mol. The average molecular weight is 283 g/mol. The zero-order chi connectivity index (χ0) is 13.9. The number of rotatable bonds is 5. The molecule has 4 N–H and O–H groups in total. The van der Waals surface area contributed by atoms with E-state index in [0.29, 0.717) is 12.2 Å². The number of para-hydroxylation sites is 1. The molecule has 5 nitrogen and oxygen atoms in total. The van der Waals surface area contributed by atoms with E-state index in [9.17, 15) is 8.42 Å². The maximum atomic E-state index is 12.3. The molecule has 6 heteroatoms. The van der Waals surface area contributed by atoms with E-state index in [4.69, 9.17) is 5.84 Å². The second-order valence-electron chi connectivity index (χ2n) is 5.48. The first-order chi connectivity index (χ1) is 8.97. The second kappa shape index (κ2) is 5.48. The molecule has 0 spiro atoms. The van der Waals surface area contributed by atoms with Crippen LogP contribution in [0.15, 0.2) is 29.2 Å². The largest absolute Gasteiger partial charge is 0.323 e. The molecule has 1 aromatic rings. The van der Waals surface area contributed by atoms with Crippen molar-refractivity contribution in [2.75, 3.05) is 12.0 Å². The monoisotopic (exact) mass is 283 g/mol. The van der Waals surface area contributed by atoms with E-state index >= 15 is 0 Å². The Labute approximate surface area is 114 Å². The van der Waals surface area contributed by atoms with Crippen molar-refractivity contribution in [3.05, 3.63) is 24.3 Å². The van der Waals surface area contributed by atoms with E-state index in [1.165, 1.54) is 12.8 Å². The molecule has 1 aromatic carbocycles. The summed E-state index contributed by atoms with van der Waals surface area (Å²) in [6.07, 6.45) is 4.51. The number of nitrogens with one attached hydrogen (secondary N) is 2. The van der Waals surface area contributed by atoms with Crippen molar-refractivity contribution in [2.24, 2.45) is 11.3 Å². The van der Waals surface area contributed by atoms with Crippen LogP contribution in [0.4, 0.5) is 5.69 Å². The Morgan fingerprint density at radius 3 is 2.53 bits per heavy atom. The molecule has 0 atom stereocenters. The van der Waals surface area contributed by atoms with Gasteiger partial charge in [-0.2, -0.15) is 0 Å². The Morgan fingerprint density at radius 1 is 1.26 bits per heavy atom. The van der Waals surface area contributed by atoms with Gasteiger partial charge in [0.15, 0.2) is 0 Å². The number of nitrogen functional groups attached to an aromatic ring is 1. The minimum Gasteiger partial charge on any atom is -0.323 e. The van der Waals surface area contributed by atoms with Gasteiger partial charge in [-0.3, -0.25) is 5.84 Å². The summed E-state index contributed by atoms with van der Waals surface area (Å²) in [7, 11) is -3.52. The Morgan fingerprint density at radius 2 is 1.89 bits per heavy atom. The molecule has 0 aromatic heterocycles. The molecule has 0 bridgehead atoms. The van der Waals surface area contributed by atoms with Gasteiger partial charge in [-0.1, -0.05) is 31.9 Å². The molecule has 106 valence electrons. The first kappa shape index (κ1) is 14.3. The highest BCUT2D eigenvalue weighted by molar-refractivity contribution is 7.89. The van der Waals surface area contributed by atoms with Crippen LogP contribution in [0.2, 0.25) is 0 Å². The molecule has 0 saturated heterocycles. The minimum atomic E-state index is -3.52. The summed E-state index contributed by atoms with van der Waals surface area (Å²) in [4.78, 5) is 0.194. The van der Waals surface area contributed by atoms with E-state index in [2.05, 4.69) is 17.1 Å². The summed E-state index contributed by atoms with van der Waals surface area (Å²) in [5, 5.41) is 0. The van der Waals surface area contributed by atoms with Crippen molar-refractivity contribution >= 4 is 15.7 Å². The summed E-state index contributed by atoms with van der Waals surface area (Å²) < 4.78 is 27.3. The van der Waals surface area contributed by atoms with E-state index < -0.39 is 10.0 Å². The van der Waals surface area contributed by atoms with Gasteiger partial charge in [-0.25, -0.2) is 13.1 Å². The van der Waals surface area contributed by atoms with Gasteiger partial charge in [0.1, 0.15) is 4.90 Å². The van der Waals surface area contributed by atoms with E-state index in [1.54, 1.807) is 24.3 Å². The zero-order valence-electron chi connectivity index (χ0n) is 11.1. The SMILES string of the molecule is CC1(CNS(=O)(=O)c2ccccc2NN)CCCC1. The maximum Gasteiger partial charge on any atom is 0.242 e. The van der Waals surface area contributed by atoms with Crippen molar-refractivity contribution in [3.8, 4) is 0 Å². The number of hydrogen-bond acceptors (Lipinski definition) is 4. The van der Waals surface area contributed by atoms with Gasteiger partial charge in [-0.05, 0) is 30.4 Å². The molecule has 19 heavy (non-hydrogen) atoms. The van der Waals surface area contributed by atoms with Crippen molar-refractivity contribution < 1.29 is 8.42 Å².